The summed E-state index contributed by atoms with van der Waals surface area (Å²) in [7, 11) is 0. The molecule has 0 aromatic rings. The topological polar surface area (TPSA) is 72.6 Å². The summed E-state index contributed by atoms with van der Waals surface area (Å²) in [6.45, 7) is 0. The molecule has 3 N–H and O–H groups in total. The smallest absolute Gasteiger partial charge is 0.326 e. The molecule has 2 fully saturated rings. The summed E-state index contributed by atoms with van der Waals surface area (Å²) in [5, 5.41) is 8.79. The maximum absolute atomic E-state index is 10.7. The third-order valence-corrected chi connectivity index (χ3v) is 2.65. The quantitative estimate of drug-likeness (QED) is 0.549. The van der Waals surface area contributed by atoms with Gasteiger partial charge in [-0.15, -0.1) is 0 Å². The monoisotopic (exact) mass is 157 g/mol. The molecule has 4 heteroatoms. The van der Waals surface area contributed by atoms with E-state index in [0.29, 0.717) is 6.42 Å². The van der Waals surface area contributed by atoms with Crippen molar-refractivity contribution in [3.8, 4) is 0 Å². The van der Waals surface area contributed by atoms with Crippen LogP contribution in [0.2, 0.25) is 0 Å². The first-order valence-electron chi connectivity index (χ1n) is 3.80. The van der Waals surface area contributed by atoms with Crippen molar-refractivity contribution in [3.63, 3.8) is 0 Å². The Kier molecular flexibility index (Phi) is 1.25. The Hall–Kier alpha value is -0.610. The van der Waals surface area contributed by atoms with Crippen LogP contribution in [0.5, 0.6) is 0 Å². The molecule has 2 aliphatic heterocycles. The van der Waals surface area contributed by atoms with E-state index in [2.05, 4.69) is 0 Å². The lowest BCUT2D eigenvalue weighted by atomic mass is 9.83. The molecule has 0 aromatic heterocycles. The summed E-state index contributed by atoms with van der Waals surface area (Å²) < 4.78 is 5.34. The zero-order chi connectivity index (χ0) is 8.06. The van der Waals surface area contributed by atoms with Crippen molar-refractivity contribution in [2.45, 2.75) is 37.0 Å². The summed E-state index contributed by atoms with van der Waals surface area (Å²) in [6.07, 6.45) is 2.10. The van der Waals surface area contributed by atoms with Crippen molar-refractivity contribution in [2.24, 2.45) is 5.73 Å². The Labute approximate surface area is 64.3 Å². The lowest BCUT2D eigenvalue weighted by Gasteiger charge is -2.25. The second-order valence-electron chi connectivity index (χ2n) is 3.37. The van der Waals surface area contributed by atoms with Gasteiger partial charge >= 0.3 is 5.97 Å². The number of ether oxygens (including phenoxy) is 1. The van der Waals surface area contributed by atoms with Gasteiger partial charge in [0.1, 0.15) is 5.54 Å². The molecular formula is C7H11NO3. The Bertz CT molecular complexity index is 206. The highest BCUT2D eigenvalue weighted by Crippen LogP contribution is 2.40. The van der Waals surface area contributed by atoms with E-state index in [1.165, 1.54) is 0 Å². The molecule has 3 atom stereocenters. The molecule has 0 aromatic carbocycles. The molecule has 0 amide bonds. The number of hydrogen-bond donors (Lipinski definition) is 2. The fourth-order valence-corrected chi connectivity index (χ4v) is 1.97. The molecule has 11 heavy (non-hydrogen) atoms. The predicted molar refractivity (Wildman–Crippen MR) is 37.1 cm³/mol. The SMILES string of the molecule is N[C@]1(C(=O)O)C[C@H]2CC[C@@H]1O2. The maximum atomic E-state index is 10.7. The van der Waals surface area contributed by atoms with Crippen molar-refractivity contribution in [2.75, 3.05) is 0 Å². The fraction of sp³-hybridized carbons (Fsp3) is 0.857. The van der Waals surface area contributed by atoms with Crippen LogP contribution in [0.25, 0.3) is 0 Å². The van der Waals surface area contributed by atoms with Gasteiger partial charge < -0.3 is 15.6 Å². The molecule has 0 aliphatic carbocycles. The van der Waals surface area contributed by atoms with Gasteiger partial charge in [0.15, 0.2) is 0 Å². The molecule has 0 spiro atoms. The van der Waals surface area contributed by atoms with Gasteiger partial charge in [-0.3, -0.25) is 4.79 Å². The normalized spacial score (nSPS) is 48.1. The average Bonchev–Trinajstić information content (AvgIpc) is 2.45. The van der Waals surface area contributed by atoms with Crippen LogP contribution in [0.1, 0.15) is 19.3 Å². The Morgan fingerprint density at radius 1 is 1.64 bits per heavy atom. The second kappa shape index (κ2) is 1.95. The first-order chi connectivity index (χ1) is 5.13. The number of nitrogens with two attached hydrogens (primary N) is 1. The molecule has 2 heterocycles. The van der Waals surface area contributed by atoms with Crippen LogP contribution < -0.4 is 5.73 Å². The average molecular weight is 157 g/mol. The van der Waals surface area contributed by atoms with Crippen LogP contribution in [-0.4, -0.2) is 28.8 Å². The molecule has 0 saturated carbocycles. The summed E-state index contributed by atoms with van der Waals surface area (Å²) in [4.78, 5) is 10.7. The minimum atomic E-state index is -1.09. The highest BCUT2D eigenvalue weighted by Gasteiger charge is 2.54. The molecular weight excluding hydrogens is 146 g/mol. The van der Waals surface area contributed by atoms with Gasteiger partial charge in [0, 0.05) is 6.42 Å². The van der Waals surface area contributed by atoms with Crippen LogP contribution in [-0.2, 0) is 9.53 Å². The van der Waals surface area contributed by atoms with E-state index in [4.69, 9.17) is 15.6 Å². The third kappa shape index (κ3) is 0.795. The number of aliphatic carboxylic acids is 1. The van der Waals surface area contributed by atoms with Gasteiger partial charge in [0.05, 0.1) is 12.2 Å². The summed E-state index contributed by atoms with van der Waals surface area (Å²) in [6, 6.07) is 0. The number of fused-ring (bicyclic) bond motifs is 2. The number of hydrogen-bond acceptors (Lipinski definition) is 3. The van der Waals surface area contributed by atoms with Crippen LogP contribution in [0, 0.1) is 0 Å². The molecule has 2 rings (SSSR count). The van der Waals surface area contributed by atoms with E-state index < -0.39 is 11.5 Å². The number of carbonyl (C=O) groups is 1. The third-order valence-electron chi connectivity index (χ3n) is 2.65. The minimum Gasteiger partial charge on any atom is -0.480 e. The van der Waals surface area contributed by atoms with Crippen LogP contribution >= 0.6 is 0 Å². The van der Waals surface area contributed by atoms with Gasteiger partial charge in [-0.25, -0.2) is 0 Å². The second-order valence-corrected chi connectivity index (χ2v) is 3.37. The predicted octanol–water partition coefficient (Wildman–Crippen LogP) is -0.280. The summed E-state index contributed by atoms with van der Waals surface area (Å²) in [5.74, 6) is -0.926. The first-order valence-corrected chi connectivity index (χ1v) is 3.80. The number of carboxylic acid groups (broad SMARTS) is 1. The number of rotatable bonds is 1. The fourth-order valence-electron chi connectivity index (χ4n) is 1.97. The molecule has 2 bridgehead atoms. The molecule has 0 radical (unpaired) electrons. The maximum Gasteiger partial charge on any atom is 0.326 e. The van der Waals surface area contributed by atoms with Crippen molar-refractivity contribution in [1.29, 1.82) is 0 Å². The Morgan fingerprint density at radius 2 is 2.36 bits per heavy atom. The zero-order valence-corrected chi connectivity index (χ0v) is 6.12. The van der Waals surface area contributed by atoms with Crippen molar-refractivity contribution >= 4 is 5.97 Å². The van der Waals surface area contributed by atoms with E-state index in [-0.39, 0.29) is 12.2 Å². The summed E-state index contributed by atoms with van der Waals surface area (Å²) >= 11 is 0. The molecule has 62 valence electrons. The van der Waals surface area contributed by atoms with E-state index in [9.17, 15) is 4.79 Å². The van der Waals surface area contributed by atoms with Crippen molar-refractivity contribution in [1.82, 2.24) is 0 Å². The molecule has 2 saturated heterocycles. The van der Waals surface area contributed by atoms with Gasteiger partial charge in [-0.1, -0.05) is 0 Å². The minimum absolute atomic E-state index is 0.0982. The Morgan fingerprint density at radius 3 is 2.64 bits per heavy atom. The molecule has 2 aliphatic rings. The largest absolute Gasteiger partial charge is 0.480 e. The molecule has 0 unspecified atom stereocenters. The van der Waals surface area contributed by atoms with E-state index in [1.54, 1.807) is 0 Å². The van der Waals surface area contributed by atoms with E-state index in [0.717, 1.165) is 12.8 Å². The van der Waals surface area contributed by atoms with E-state index >= 15 is 0 Å². The van der Waals surface area contributed by atoms with Crippen molar-refractivity contribution < 1.29 is 14.6 Å². The van der Waals surface area contributed by atoms with Crippen LogP contribution in [0.4, 0.5) is 0 Å². The lowest BCUT2D eigenvalue weighted by Crippen LogP contribution is -2.55. The van der Waals surface area contributed by atoms with Gasteiger partial charge in [-0.05, 0) is 12.8 Å². The van der Waals surface area contributed by atoms with Crippen LogP contribution in [0.3, 0.4) is 0 Å². The summed E-state index contributed by atoms with van der Waals surface area (Å²) in [5.41, 5.74) is 4.57. The van der Waals surface area contributed by atoms with E-state index in [1.807, 2.05) is 0 Å². The lowest BCUT2D eigenvalue weighted by molar-refractivity contribution is -0.145. The van der Waals surface area contributed by atoms with Crippen LogP contribution in [0.15, 0.2) is 0 Å². The highest BCUT2D eigenvalue weighted by molar-refractivity contribution is 5.80. The first kappa shape index (κ1) is 7.06. The molecule has 4 nitrogen and oxygen atoms in total. The van der Waals surface area contributed by atoms with Gasteiger partial charge in [0.2, 0.25) is 0 Å². The van der Waals surface area contributed by atoms with Gasteiger partial charge in [-0.2, -0.15) is 0 Å². The van der Waals surface area contributed by atoms with Crippen molar-refractivity contribution in [3.05, 3.63) is 0 Å². The van der Waals surface area contributed by atoms with Gasteiger partial charge in [0.25, 0.3) is 0 Å². The Balaban J connectivity index is 2.23. The zero-order valence-electron chi connectivity index (χ0n) is 6.12. The number of carboxylic acids is 1. The highest BCUT2D eigenvalue weighted by atomic mass is 16.5. The standard InChI is InChI=1S/C7H11NO3/c8-7(6(9)10)3-4-1-2-5(7)11-4/h4-5H,1-3,8H2,(H,9,10)/t4-,5+,7-/m1/s1.